The van der Waals surface area contributed by atoms with Crippen LogP contribution in [0.3, 0.4) is 0 Å². The van der Waals surface area contributed by atoms with Gasteiger partial charge < -0.3 is 15.2 Å². The molecule has 2 amide bonds. The second-order valence-electron chi connectivity index (χ2n) is 4.85. The number of benzene rings is 1. The third-order valence-electron chi connectivity index (χ3n) is 3.24. The second kappa shape index (κ2) is 6.95. The van der Waals surface area contributed by atoms with Crippen molar-refractivity contribution in [2.75, 3.05) is 11.9 Å². The Balaban J connectivity index is 1.54. The van der Waals surface area contributed by atoms with Gasteiger partial charge in [-0.15, -0.1) is 11.3 Å². The van der Waals surface area contributed by atoms with Gasteiger partial charge in [-0.1, -0.05) is 12.1 Å². The molecule has 3 aromatic rings. The lowest BCUT2D eigenvalue weighted by molar-refractivity contribution is 0.252. The van der Waals surface area contributed by atoms with Crippen LogP contribution in [0, 0.1) is 0 Å². The molecule has 0 aliphatic rings. The van der Waals surface area contributed by atoms with Crippen LogP contribution in [0.4, 0.5) is 10.5 Å². The summed E-state index contributed by atoms with van der Waals surface area (Å²) in [5.41, 5.74) is 1.79. The highest BCUT2D eigenvalue weighted by Gasteiger charge is 2.03. The Morgan fingerprint density at radius 2 is 1.95 bits per heavy atom. The first-order valence-corrected chi connectivity index (χ1v) is 8.00. The number of anilines is 1. The summed E-state index contributed by atoms with van der Waals surface area (Å²) < 4.78 is 2.00. The number of carbonyl (C=O) groups excluding carboxylic acids is 1. The van der Waals surface area contributed by atoms with E-state index in [1.807, 2.05) is 64.8 Å². The minimum atomic E-state index is -0.179. The first-order chi connectivity index (χ1) is 10.8. The number of hydrogen-bond donors (Lipinski definition) is 2. The highest BCUT2D eigenvalue weighted by Crippen LogP contribution is 2.14. The maximum Gasteiger partial charge on any atom is 0.319 e. The molecule has 0 aliphatic heterocycles. The number of amides is 2. The minimum absolute atomic E-state index is 0.179. The lowest BCUT2D eigenvalue weighted by atomic mass is 10.2. The molecule has 0 fully saturated rings. The highest BCUT2D eigenvalue weighted by atomic mass is 32.1. The fourth-order valence-electron chi connectivity index (χ4n) is 2.18. The Morgan fingerprint density at radius 3 is 2.73 bits per heavy atom. The predicted molar refractivity (Wildman–Crippen MR) is 90.8 cm³/mol. The van der Waals surface area contributed by atoms with Crippen LogP contribution in [0.15, 0.2) is 66.3 Å². The van der Waals surface area contributed by atoms with E-state index in [0.717, 1.165) is 17.8 Å². The van der Waals surface area contributed by atoms with Gasteiger partial charge in [0, 0.05) is 35.2 Å². The molecule has 0 aliphatic carbocycles. The summed E-state index contributed by atoms with van der Waals surface area (Å²) >= 11 is 1.70. The molecule has 0 unspecified atom stereocenters. The van der Waals surface area contributed by atoms with Crippen molar-refractivity contribution in [1.82, 2.24) is 9.88 Å². The van der Waals surface area contributed by atoms with Gasteiger partial charge in [0.2, 0.25) is 0 Å². The first kappa shape index (κ1) is 14.4. The predicted octanol–water partition coefficient (Wildman–Crippen LogP) is 3.90. The zero-order valence-electron chi connectivity index (χ0n) is 12.0. The molecule has 0 spiro atoms. The van der Waals surface area contributed by atoms with Crippen molar-refractivity contribution >= 4 is 23.1 Å². The fourth-order valence-corrected chi connectivity index (χ4v) is 2.89. The topological polar surface area (TPSA) is 46.1 Å². The molecule has 2 heterocycles. The number of thiophene rings is 1. The van der Waals surface area contributed by atoms with Gasteiger partial charge >= 0.3 is 6.03 Å². The summed E-state index contributed by atoms with van der Waals surface area (Å²) in [4.78, 5) is 13.2. The van der Waals surface area contributed by atoms with Gasteiger partial charge in [0.15, 0.2) is 0 Å². The van der Waals surface area contributed by atoms with Crippen LogP contribution in [0.1, 0.15) is 4.88 Å². The van der Waals surface area contributed by atoms with E-state index in [4.69, 9.17) is 0 Å². The van der Waals surface area contributed by atoms with Gasteiger partial charge in [0.1, 0.15) is 0 Å². The van der Waals surface area contributed by atoms with E-state index in [9.17, 15) is 4.79 Å². The van der Waals surface area contributed by atoms with Gasteiger partial charge in [-0.05, 0) is 48.2 Å². The van der Waals surface area contributed by atoms with E-state index in [1.54, 1.807) is 11.3 Å². The van der Waals surface area contributed by atoms with Crippen molar-refractivity contribution in [2.24, 2.45) is 0 Å². The molecular weight excluding hydrogens is 294 g/mol. The number of urea groups is 1. The van der Waals surface area contributed by atoms with Gasteiger partial charge in [0.25, 0.3) is 0 Å². The smallest absolute Gasteiger partial charge is 0.319 e. The molecule has 5 heteroatoms. The molecule has 1 aromatic carbocycles. The number of rotatable bonds is 5. The van der Waals surface area contributed by atoms with Crippen molar-refractivity contribution in [2.45, 2.75) is 6.42 Å². The van der Waals surface area contributed by atoms with E-state index >= 15 is 0 Å². The van der Waals surface area contributed by atoms with Crippen LogP contribution >= 0.6 is 11.3 Å². The molecule has 0 saturated heterocycles. The molecule has 0 atom stereocenters. The molecule has 2 aromatic heterocycles. The Bertz CT molecular complexity index is 720. The summed E-state index contributed by atoms with van der Waals surface area (Å²) in [6, 6.07) is 15.6. The largest absolute Gasteiger partial charge is 0.338 e. The van der Waals surface area contributed by atoms with Crippen molar-refractivity contribution in [1.29, 1.82) is 0 Å². The van der Waals surface area contributed by atoms with Gasteiger partial charge in [0.05, 0.1) is 0 Å². The molecule has 0 saturated carbocycles. The monoisotopic (exact) mass is 311 g/mol. The van der Waals surface area contributed by atoms with Crippen LogP contribution in [0.5, 0.6) is 0 Å². The van der Waals surface area contributed by atoms with Gasteiger partial charge in [-0.3, -0.25) is 0 Å². The summed E-state index contributed by atoms with van der Waals surface area (Å²) in [6.45, 7) is 0.629. The molecule has 112 valence electrons. The van der Waals surface area contributed by atoms with Gasteiger partial charge in [-0.2, -0.15) is 0 Å². The Hall–Kier alpha value is -2.53. The Kier molecular flexibility index (Phi) is 4.56. The highest BCUT2D eigenvalue weighted by molar-refractivity contribution is 7.09. The average molecular weight is 311 g/mol. The molecule has 0 bridgehead atoms. The zero-order chi connectivity index (χ0) is 15.2. The Morgan fingerprint density at radius 1 is 1.09 bits per heavy atom. The lowest BCUT2D eigenvalue weighted by Gasteiger charge is -2.09. The average Bonchev–Trinajstić information content (AvgIpc) is 3.21. The number of aromatic nitrogens is 1. The van der Waals surface area contributed by atoms with E-state index in [2.05, 4.69) is 16.7 Å². The van der Waals surface area contributed by atoms with Crippen molar-refractivity contribution in [3.63, 3.8) is 0 Å². The van der Waals surface area contributed by atoms with Gasteiger partial charge in [-0.25, -0.2) is 4.79 Å². The fraction of sp³-hybridized carbons (Fsp3) is 0.118. The number of hydrogen-bond acceptors (Lipinski definition) is 2. The SMILES string of the molecule is O=C(NCCc1cccs1)Nc1cccc(-n2cccc2)c1. The first-order valence-electron chi connectivity index (χ1n) is 7.12. The number of carbonyl (C=O) groups is 1. The molecule has 2 N–H and O–H groups in total. The van der Waals surface area contributed by atoms with E-state index in [0.29, 0.717) is 6.54 Å². The standard InChI is InChI=1S/C17H17N3OS/c21-17(18-9-8-16-7-4-12-22-16)19-14-5-3-6-15(13-14)20-10-1-2-11-20/h1-7,10-13H,8-9H2,(H2,18,19,21). The Labute approximate surface area is 133 Å². The van der Waals surface area contributed by atoms with Crippen LogP contribution in [-0.4, -0.2) is 17.1 Å². The molecule has 3 rings (SSSR count). The van der Waals surface area contributed by atoms with Crippen LogP contribution in [-0.2, 0) is 6.42 Å². The van der Waals surface area contributed by atoms with E-state index in [1.165, 1.54) is 4.88 Å². The van der Waals surface area contributed by atoms with Crippen LogP contribution in [0.2, 0.25) is 0 Å². The van der Waals surface area contributed by atoms with Crippen molar-refractivity contribution in [3.8, 4) is 5.69 Å². The van der Waals surface area contributed by atoms with Crippen LogP contribution < -0.4 is 10.6 Å². The van der Waals surface area contributed by atoms with E-state index in [-0.39, 0.29) is 6.03 Å². The summed E-state index contributed by atoms with van der Waals surface area (Å²) in [6.07, 6.45) is 4.80. The van der Waals surface area contributed by atoms with Crippen LogP contribution in [0.25, 0.3) is 5.69 Å². The lowest BCUT2D eigenvalue weighted by Crippen LogP contribution is -2.30. The molecule has 4 nitrogen and oxygen atoms in total. The van der Waals surface area contributed by atoms with E-state index < -0.39 is 0 Å². The quantitative estimate of drug-likeness (QED) is 0.737. The normalized spacial score (nSPS) is 10.4. The summed E-state index contributed by atoms with van der Waals surface area (Å²) in [5, 5.41) is 7.78. The molecule has 22 heavy (non-hydrogen) atoms. The third-order valence-corrected chi connectivity index (χ3v) is 4.18. The number of nitrogens with zero attached hydrogens (tertiary/aromatic N) is 1. The zero-order valence-corrected chi connectivity index (χ0v) is 12.8. The van der Waals surface area contributed by atoms with Crippen molar-refractivity contribution in [3.05, 3.63) is 71.2 Å². The summed E-state index contributed by atoms with van der Waals surface area (Å²) in [5.74, 6) is 0. The van der Waals surface area contributed by atoms with Crippen molar-refractivity contribution < 1.29 is 4.79 Å². The molecular formula is C17H17N3OS. The summed E-state index contributed by atoms with van der Waals surface area (Å²) in [7, 11) is 0. The number of nitrogens with one attached hydrogen (secondary N) is 2. The molecule has 0 radical (unpaired) electrons. The minimum Gasteiger partial charge on any atom is -0.338 e. The third kappa shape index (κ3) is 3.77. The maximum absolute atomic E-state index is 11.9. The maximum atomic E-state index is 11.9. The second-order valence-corrected chi connectivity index (χ2v) is 5.88.